The summed E-state index contributed by atoms with van der Waals surface area (Å²) in [5.74, 6) is 0. The number of hydrogen-bond donors (Lipinski definition) is 0. The van der Waals surface area contributed by atoms with Crippen LogP contribution in [0.15, 0.2) is 54.6 Å². The van der Waals surface area contributed by atoms with Crippen molar-refractivity contribution in [3.8, 4) is 11.1 Å². The van der Waals surface area contributed by atoms with E-state index in [0.717, 1.165) is 6.42 Å². The second-order valence-corrected chi connectivity index (χ2v) is 7.07. The van der Waals surface area contributed by atoms with E-state index >= 15 is 0 Å². The quantitative estimate of drug-likeness (QED) is 0.600. The highest BCUT2D eigenvalue weighted by Gasteiger charge is 2.35. The highest BCUT2D eigenvalue weighted by molar-refractivity contribution is 5.85. The fourth-order valence-corrected chi connectivity index (χ4v) is 3.87. The van der Waals surface area contributed by atoms with E-state index in [-0.39, 0.29) is 5.41 Å². The molecule has 0 nitrogen and oxygen atoms in total. The van der Waals surface area contributed by atoms with Crippen LogP contribution in [0.1, 0.15) is 48.9 Å². The van der Waals surface area contributed by atoms with Crippen molar-refractivity contribution in [1.29, 1.82) is 0 Å². The maximum absolute atomic E-state index is 2.39. The zero-order valence-corrected chi connectivity index (χ0v) is 13.6. The lowest BCUT2D eigenvalue weighted by Gasteiger charge is -2.22. The standard InChI is InChI=1S/C22H22/c1-15-9-11-18-19-14-17(16-7-5-4-6-8-16)10-12-20(19)22(2,3)21(18)13-15/h5,7-14H,4,6H2,1-3H3. The SMILES string of the molecule is Cc1ccc2c(c1)C(C)(C)c1ccc(C3=CCCC=C3)cc1-2. The fourth-order valence-electron chi connectivity index (χ4n) is 3.87. The minimum Gasteiger partial charge on any atom is -0.0836 e. The minimum absolute atomic E-state index is 0.103. The first-order valence-corrected chi connectivity index (χ1v) is 8.20. The van der Waals surface area contributed by atoms with Crippen LogP contribution >= 0.6 is 0 Å². The van der Waals surface area contributed by atoms with Gasteiger partial charge in [-0.25, -0.2) is 0 Å². The first kappa shape index (κ1) is 13.6. The van der Waals surface area contributed by atoms with Crippen molar-refractivity contribution in [1.82, 2.24) is 0 Å². The Bertz CT molecular complexity index is 816. The molecule has 0 saturated carbocycles. The van der Waals surface area contributed by atoms with Crippen molar-refractivity contribution in [3.05, 3.63) is 76.9 Å². The average molecular weight is 286 g/mol. The molecule has 0 amide bonds. The first-order valence-electron chi connectivity index (χ1n) is 8.20. The molecule has 22 heavy (non-hydrogen) atoms. The molecule has 0 unspecified atom stereocenters. The van der Waals surface area contributed by atoms with Gasteiger partial charge >= 0.3 is 0 Å². The Labute approximate surface area is 133 Å². The van der Waals surface area contributed by atoms with Gasteiger partial charge in [0.25, 0.3) is 0 Å². The Hall–Kier alpha value is -2.08. The molecular formula is C22H22. The van der Waals surface area contributed by atoms with Crippen molar-refractivity contribution < 1.29 is 0 Å². The smallest absolute Gasteiger partial charge is 0.0158 e. The summed E-state index contributed by atoms with van der Waals surface area (Å²) in [7, 11) is 0. The van der Waals surface area contributed by atoms with E-state index in [9.17, 15) is 0 Å². The molecule has 2 aliphatic carbocycles. The lowest BCUT2D eigenvalue weighted by molar-refractivity contribution is 0.659. The van der Waals surface area contributed by atoms with E-state index in [1.54, 1.807) is 0 Å². The van der Waals surface area contributed by atoms with Crippen LogP contribution in [0.25, 0.3) is 16.7 Å². The summed E-state index contributed by atoms with van der Waals surface area (Å²) >= 11 is 0. The van der Waals surface area contributed by atoms with E-state index in [0.29, 0.717) is 0 Å². The van der Waals surface area contributed by atoms with E-state index in [1.165, 1.54) is 45.4 Å². The Morgan fingerprint density at radius 2 is 1.73 bits per heavy atom. The Kier molecular flexibility index (Phi) is 2.91. The monoisotopic (exact) mass is 286 g/mol. The van der Waals surface area contributed by atoms with Gasteiger partial charge in [0, 0.05) is 5.41 Å². The molecule has 0 saturated heterocycles. The summed E-state index contributed by atoms with van der Waals surface area (Å²) in [6.45, 7) is 6.87. The van der Waals surface area contributed by atoms with Crippen molar-refractivity contribution in [2.75, 3.05) is 0 Å². The van der Waals surface area contributed by atoms with Crippen LogP contribution in [0.3, 0.4) is 0 Å². The number of rotatable bonds is 1. The third kappa shape index (κ3) is 1.90. The fraction of sp³-hybridized carbons (Fsp3) is 0.273. The van der Waals surface area contributed by atoms with Gasteiger partial charge in [-0.2, -0.15) is 0 Å². The number of fused-ring (bicyclic) bond motifs is 3. The maximum Gasteiger partial charge on any atom is 0.0158 e. The molecule has 2 aliphatic rings. The van der Waals surface area contributed by atoms with Gasteiger partial charge in [-0.3, -0.25) is 0 Å². The van der Waals surface area contributed by atoms with E-state index in [2.05, 4.69) is 75.4 Å². The summed E-state index contributed by atoms with van der Waals surface area (Å²) in [4.78, 5) is 0. The summed E-state index contributed by atoms with van der Waals surface area (Å²) in [5, 5.41) is 0. The second-order valence-electron chi connectivity index (χ2n) is 7.07. The summed E-state index contributed by atoms with van der Waals surface area (Å²) < 4.78 is 0. The Morgan fingerprint density at radius 1 is 0.864 bits per heavy atom. The lowest BCUT2D eigenvalue weighted by atomic mass is 9.81. The normalized spacial score (nSPS) is 17.9. The second kappa shape index (κ2) is 4.71. The number of benzene rings is 2. The molecule has 0 fully saturated rings. The zero-order valence-electron chi connectivity index (χ0n) is 13.6. The predicted molar refractivity (Wildman–Crippen MR) is 95.1 cm³/mol. The summed E-state index contributed by atoms with van der Waals surface area (Å²) in [5.41, 5.74) is 9.91. The van der Waals surface area contributed by atoms with Gasteiger partial charge in [-0.05, 0) is 59.2 Å². The Balaban J connectivity index is 1.91. The van der Waals surface area contributed by atoms with Crippen LogP contribution < -0.4 is 0 Å². The van der Waals surface area contributed by atoms with Gasteiger partial charge in [-0.15, -0.1) is 0 Å². The largest absolute Gasteiger partial charge is 0.0836 e. The van der Waals surface area contributed by atoms with Crippen LogP contribution in [-0.4, -0.2) is 0 Å². The molecule has 0 atom stereocenters. The molecule has 0 heteroatoms. The van der Waals surface area contributed by atoms with Crippen LogP contribution in [-0.2, 0) is 5.41 Å². The molecule has 110 valence electrons. The number of hydrogen-bond acceptors (Lipinski definition) is 0. The van der Waals surface area contributed by atoms with E-state index < -0.39 is 0 Å². The highest BCUT2D eigenvalue weighted by atomic mass is 14.4. The molecule has 2 aromatic carbocycles. The van der Waals surface area contributed by atoms with Crippen molar-refractivity contribution in [2.45, 2.75) is 39.0 Å². The molecular weight excluding hydrogens is 264 g/mol. The molecule has 2 aromatic rings. The van der Waals surface area contributed by atoms with Crippen molar-refractivity contribution in [2.24, 2.45) is 0 Å². The Morgan fingerprint density at radius 3 is 2.50 bits per heavy atom. The van der Waals surface area contributed by atoms with Crippen molar-refractivity contribution >= 4 is 5.57 Å². The van der Waals surface area contributed by atoms with Gasteiger partial charge in [-0.1, -0.05) is 68.0 Å². The summed E-state index contributed by atoms with van der Waals surface area (Å²) in [6, 6.07) is 13.9. The molecule has 0 radical (unpaired) electrons. The maximum atomic E-state index is 2.39. The zero-order chi connectivity index (χ0) is 15.3. The number of allylic oxidation sites excluding steroid dienone is 4. The molecule has 0 aromatic heterocycles. The van der Waals surface area contributed by atoms with Gasteiger partial charge < -0.3 is 0 Å². The predicted octanol–water partition coefficient (Wildman–Crippen LogP) is 6.03. The molecule has 0 aliphatic heterocycles. The van der Waals surface area contributed by atoms with Crippen LogP contribution in [0.2, 0.25) is 0 Å². The van der Waals surface area contributed by atoms with Gasteiger partial charge in [0.1, 0.15) is 0 Å². The van der Waals surface area contributed by atoms with Gasteiger partial charge in [0.05, 0.1) is 0 Å². The molecule has 0 bridgehead atoms. The van der Waals surface area contributed by atoms with Crippen LogP contribution in [0, 0.1) is 6.92 Å². The third-order valence-electron chi connectivity index (χ3n) is 5.16. The topological polar surface area (TPSA) is 0 Å². The van der Waals surface area contributed by atoms with Gasteiger partial charge in [0.15, 0.2) is 0 Å². The molecule has 4 rings (SSSR count). The third-order valence-corrected chi connectivity index (χ3v) is 5.16. The van der Waals surface area contributed by atoms with E-state index in [4.69, 9.17) is 0 Å². The molecule has 0 spiro atoms. The van der Waals surface area contributed by atoms with Crippen molar-refractivity contribution in [3.63, 3.8) is 0 Å². The first-order chi connectivity index (χ1) is 10.6. The summed E-state index contributed by atoms with van der Waals surface area (Å²) in [6.07, 6.45) is 9.23. The van der Waals surface area contributed by atoms with Crippen LogP contribution in [0.4, 0.5) is 0 Å². The minimum atomic E-state index is 0.103. The van der Waals surface area contributed by atoms with Gasteiger partial charge in [0.2, 0.25) is 0 Å². The van der Waals surface area contributed by atoms with Crippen LogP contribution in [0.5, 0.6) is 0 Å². The average Bonchev–Trinajstić information content (AvgIpc) is 2.76. The number of aryl methyl sites for hydroxylation is 1. The molecule has 0 heterocycles. The highest BCUT2D eigenvalue weighted by Crippen LogP contribution is 2.49. The van der Waals surface area contributed by atoms with E-state index in [1.807, 2.05) is 0 Å². The molecule has 0 N–H and O–H groups in total. The lowest BCUT2D eigenvalue weighted by Crippen LogP contribution is -2.15.